The lowest BCUT2D eigenvalue weighted by molar-refractivity contribution is -0.132. The third-order valence-corrected chi connectivity index (χ3v) is 5.52. The van der Waals surface area contributed by atoms with E-state index in [0.717, 1.165) is 43.7 Å². The molecule has 1 aromatic carbocycles. The molecule has 2 heterocycles. The number of ether oxygens (including phenoxy) is 1. The fourth-order valence-corrected chi connectivity index (χ4v) is 3.30. The van der Waals surface area contributed by atoms with E-state index in [9.17, 15) is 9.59 Å². The van der Waals surface area contributed by atoms with Gasteiger partial charge in [0.2, 0.25) is 5.91 Å². The Bertz CT molecular complexity index is 870. The molecule has 1 aliphatic heterocycles. The van der Waals surface area contributed by atoms with Crippen LogP contribution in [0.15, 0.2) is 29.1 Å². The summed E-state index contributed by atoms with van der Waals surface area (Å²) in [4.78, 5) is 29.4. The predicted octanol–water partition coefficient (Wildman–Crippen LogP) is 3.20. The number of H-pyrrole nitrogens is 1. The van der Waals surface area contributed by atoms with Crippen LogP contribution in [-0.2, 0) is 11.2 Å². The van der Waals surface area contributed by atoms with E-state index in [1.807, 2.05) is 36.1 Å². The quantitative estimate of drug-likeness (QED) is 0.774. The highest BCUT2D eigenvalue weighted by molar-refractivity contribution is 5.76. The summed E-state index contributed by atoms with van der Waals surface area (Å²) < 4.78 is 5.76. The third kappa shape index (κ3) is 5.65. The smallest absolute Gasteiger partial charge is 0.273 e. The minimum absolute atomic E-state index is 0.0825. The molecule has 1 N–H and O–H groups in total. The summed E-state index contributed by atoms with van der Waals surface area (Å²) in [5.41, 5.74) is 0.760. The van der Waals surface area contributed by atoms with Gasteiger partial charge in [-0.05, 0) is 56.4 Å². The summed E-state index contributed by atoms with van der Waals surface area (Å²) in [6.45, 7) is 7.91. The van der Waals surface area contributed by atoms with Crippen LogP contribution in [-0.4, -0.2) is 45.2 Å². The zero-order valence-electron chi connectivity index (χ0n) is 17.5. The zero-order valence-corrected chi connectivity index (χ0v) is 17.5. The van der Waals surface area contributed by atoms with E-state index < -0.39 is 0 Å². The maximum atomic E-state index is 12.4. The molecule has 0 unspecified atom stereocenters. The van der Waals surface area contributed by atoms with Crippen LogP contribution in [0.2, 0.25) is 0 Å². The Labute approximate surface area is 171 Å². The lowest BCUT2D eigenvalue weighted by Crippen LogP contribution is -2.38. The Morgan fingerprint density at radius 3 is 2.55 bits per heavy atom. The lowest BCUT2D eigenvalue weighted by atomic mass is 9.99. The Hall–Kier alpha value is -2.70. The molecule has 29 heavy (non-hydrogen) atoms. The number of hydrogen-bond acceptors (Lipinski definition) is 5. The van der Waals surface area contributed by atoms with Crippen molar-refractivity contribution in [2.45, 2.75) is 59.0 Å². The minimum atomic E-state index is -0.296. The molecule has 1 fully saturated rings. The normalized spacial score (nSPS) is 15.9. The SMILES string of the molecule is CC[C@@H](C)Oc1ccc(-c2nnc(CCC(=O)N3CCC(C)CC3)c(=O)[nH]2)cc1. The Morgan fingerprint density at radius 1 is 1.24 bits per heavy atom. The van der Waals surface area contributed by atoms with Gasteiger partial charge in [-0.15, -0.1) is 10.2 Å². The van der Waals surface area contributed by atoms with Crippen molar-refractivity contribution in [2.75, 3.05) is 13.1 Å². The highest BCUT2D eigenvalue weighted by Gasteiger charge is 2.20. The van der Waals surface area contributed by atoms with E-state index >= 15 is 0 Å². The first-order valence-electron chi connectivity index (χ1n) is 10.5. The summed E-state index contributed by atoms with van der Waals surface area (Å²) >= 11 is 0. The first-order valence-corrected chi connectivity index (χ1v) is 10.5. The third-order valence-electron chi connectivity index (χ3n) is 5.52. The monoisotopic (exact) mass is 398 g/mol. The van der Waals surface area contributed by atoms with Gasteiger partial charge in [-0.3, -0.25) is 9.59 Å². The maximum absolute atomic E-state index is 12.4. The van der Waals surface area contributed by atoms with Crippen LogP contribution < -0.4 is 10.3 Å². The molecule has 1 aromatic heterocycles. The van der Waals surface area contributed by atoms with Gasteiger partial charge in [-0.2, -0.15) is 0 Å². The first-order chi connectivity index (χ1) is 14.0. The number of rotatable bonds is 7. The highest BCUT2D eigenvalue weighted by Crippen LogP contribution is 2.20. The molecule has 1 amide bonds. The highest BCUT2D eigenvalue weighted by atomic mass is 16.5. The number of piperidine rings is 1. The molecule has 1 aliphatic rings. The van der Waals surface area contributed by atoms with Crippen LogP contribution in [0.3, 0.4) is 0 Å². The number of aryl methyl sites for hydroxylation is 1. The molecular weight excluding hydrogens is 368 g/mol. The van der Waals surface area contributed by atoms with Gasteiger partial charge in [0, 0.05) is 31.5 Å². The molecule has 1 saturated heterocycles. The van der Waals surface area contributed by atoms with E-state index in [0.29, 0.717) is 23.9 Å². The van der Waals surface area contributed by atoms with Gasteiger partial charge < -0.3 is 14.6 Å². The van der Waals surface area contributed by atoms with Gasteiger partial charge in [0.05, 0.1) is 6.10 Å². The van der Waals surface area contributed by atoms with Gasteiger partial charge in [0.25, 0.3) is 5.56 Å². The van der Waals surface area contributed by atoms with Gasteiger partial charge in [0.1, 0.15) is 11.4 Å². The van der Waals surface area contributed by atoms with Crippen molar-refractivity contribution in [2.24, 2.45) is 5.92 Å². The molecule has 0 saturated carbocycles. The number of hydrogen-bond donors (Lipinski definition) is 1. The van der Waals surface area contributed by atoms with Gasteiger partial charge >= 0.3 is 0 Å². The van der Waals surface area contributed by atoms with Gasteiger partial charge in [0.15, 0.2) is 5.82 Å². The van der Waals surface area contributed by atoms with Crippen LogP contribution in [0.5, 0.6) is 5.75 Å². The van der Waals surface area contributed by atoms with Crippen molar-refractivity contribution in [3.8, 4) is 17.1 Å². The molecule has 0 aliphatic carbocycles. The summed E-state index contributed by atoms with van der Waals surface area (Å²) in [7, 11) is 0. The molecule has 3 rings (SSSR count). The summed E-state index contributed by atoms with van der Waals surface area (Å²) in [5, 5.41) is 8.22. The Kier molecular flexibility index (Phi) is 7.01. The minimum Gasteiger partial charge on any atom is -0.491 e. The largest absolute Gasteiger partial charge is 0.491 e. The molecule has 0 radical (unpaired) electrons. The molecule has 156 valence electrons. The average molecular weight is 399 g/mol. The summed E-state index contributed by atoms with van der Waals surface area (Å²) in [6.07, 6.45) is 3.75. The number of amides is 1. The van der Waals surface area contributed by atoms with Crippen LogP contribution in [0, 0.1) is 5.92 Å². The van der Waals surface area contributed by atoms with Crippen molar-refractivity contribution in [3.63, 3.8) is 0 Å². The molecule has 7 heteroatoms. The van der Waals surface area contributed by atoms with E-state index in [1.54, 1.807) is 0 Å². The van der Waals surface area contributed by atoms with Crippen LogP contribution in [0.4, 0.5) is 0 Å². The van der Waals surface area contributed by atoms with E-state index in [4.69, 9.17) is 4.74 Å². The number of carbonyl (C=O) groups excluding carboxylic acids is 1. The molecule has 1 atom stereocenters. The van der Waals surface area contributed by atoms with E-state index in [1.165, 1.54) is 0 Å². The molecule has 7 nitrogen and oxygen atoms in total. The lowest BCUT2D eigenvalue weighted by Gasteiger charge is -2.30. The Balaban J connectivity index is 1.60. The van der Waals surface area contributed by atoms with E-state index in [-0.39, 0.29) is 24.0 Å². The van der Waals surface area contributed by atoms with Crippen molar-refractivity contribution in [3.05, 3.63) is 40.3 Å². The topological polar surface area (TPSA) is 88.2 Å². The fourth-order valence-electron chi connectivity index (χ4n) is 3.30. The maximum Gasteiger partial charge on any atom is 0.273 e. The van der Waals surface area contributed by atoms with E-state index in [2.05, 4.69) is 29.0 Å². The van der Waals surface area contributed by atoms with Crippen molar-refractivity contribution >= 4 is 5.91 Å². The summed E-state index contributed by atoms with van der Waals surface area (Å²) in [6, 6.07) is 7.40. The van der Waals surface area contributed by atoms with Crippen LogP contribution in [0.1, 0.15) is 52.1 Å². The predicted molar refractivity (Wildman–Crippen MR) is 112 cm³/mol. The molecule has 0 spiro atoms. The fraction of sp³-hybridized carbons (Fsp3) is 0.545. The average Bonchev–Trinajstić information content (AvgIpc) is 2.73. The number of aromatic nitrogens is 3. The number of nitrogens with one attached hydrogen (secondary N) is 1. The number of carbonyl (C=O) groups is 1. The molecule has 0 bridgehead atoms. The summed E-state index contributed by atoms with van der Waals surface area (Å²) in [5.74, 6) is 1.95. The van der Waals surface area contributed by atoms with Crippen molar-refractivity contribution in [1.82, 2.24) is 20.1 Å². The number of nitrogens with zero attached hydrogens (tertiary/aromatic N) is 3. The van der Waals surface area contributed by atoms with Crippen molar-refractivity contribution in [1.29, 1.82) is 0 Å². The Morgan fingerprint density at radius 2 is 1.93 bits per heavy atom. The second-order valence-corrected chi connectivity index (χ2v) is 7.87. The number of benzene rings is 1. The standard InChI is InChI=1S/C22H30N4O3/c1-4-16(3)29-18-7-5-17(6-8-18)21-23-22(28)19(24-25-21)9-10-20(27)26-13-11-15(2)12-14-26/h5-8,15-16H,4,9-14H2,1-3H3,(H,23,25,28)/t16-/m1/s1. The van der Waals surface area contributed by atoms with Crippen LogP contribution in [0.25, 0.3) is 11.4 Å². The van der Waals surface area contributed by atoms with Crippen molar-refractivity contribution < 1.29 is 9.53 Å². The number of likely N-dealkylation sites (tertiary alicyclic amines) is 1. The zero-order chi connectivity index (χ0) is 20.8. The number of aromatic amines is 1. The molecular formula is C22H30N4O3. The van der Waals surface area contributed by atoms with Gasteiger partial charge in [-0.25, -0.2) is 0 Å². The first kappa shape index (κ1) is 21.0. The van der Waals surface area contributed by atoms with Gasteiger partial charge in [-0.1, -0.05) is 13.8 Å². The van der Waals surface area contributed by atoms with Crippen LogP contribution >= 0.6 is 0 Å². The second-order valence-electron chi connectivity index (χ2n) is 7.87. The molecule has 2 aromatic rings. The second kappa shape index (κ2) is 9.67.